The molecular weight excluding hydrogens is 278 g/mol. The monoisotopic (exact) mass is 299 g/mol. The maximum atomic E-state index is 8.75. The molecule has 0 atom stereocenters. The van der Waals surface area contributed by atoms with Crippen molar-refractivity contribution < 1.29 is 5.11 Å². The highest BCUT2D eigenvalue weighted by molar-refractivity contribution is 7.10. The molecule has 0 bridgehead atoms. The normalized spacial score (nSPS) is 10.0. The first-order valence-electron chi connectivity index (χ1n) is 7.22. The van der Waals surface area contributed by atoms with E-state index in [9.17, 15) is 0 Å². The van der Waals surface area contributed by atoms with Crippen LogP contribution in [-0.2, 0) is 6.54 Å². The Labute approximate surface area is 131 Å². The highest BCUT2D eigenvalue weighted by atomic mass is 32.1. The molecule has 21 heavy (non-hydrogen) atoms. The van der Waals surface area contributed by atoms with Crippen molar-refractivity contribution in [2.24, 2.45) is 0 Å². The Morgan fingerprint density at radius 2 is 2.10 bits per heavy atom. The number of aliphatic hydroxyl groups excluding tert-OH is 1. The zero-order valence-corrected chi connectivity index (χ0v) is 13.4. The molecule has 0 saturated heterocycles. The predicted octanol–water partition coefficient (Wildman–Crippen LogP) is 3.82. The van der Waals surface area contributed by atoms with Crippen LogP contribution in [0.15, 0.2) is 35.7 Å². The van der Waals surface area contributed by atoms with Gasteiger partial charge in [-0.1, -0.05) is 30.0 Å². The van der Waals surface area contributed by atoms with Gasteiger partial charge in [-0.05, 0) is 31.5 Å². The quantitative estimate of drug-likeness (QED) is 0.849. The van der Waals surface area contributed by atoms with Crippen molar-refractivity contribution in [3.05, 3.63) is 51.7 Å². The van der Waals surface area contributed by atoms with E-state index in [4.69, 9.17) is 5.11 Å². The number of aryl methyl sites for hydroxylation is 1. The molecule has 0 aliphatic rings. The number of hydrogen-bond acceptors (Lipinski definition) is 3. The van der Waals surface area contributed by atoms with Crippen LogP contribution >= 0.6 is 11.3 Å². The average molecular weight is 299 g/mol. The Balaban J connectivity index is 2.10. The Morgan fingerprint density at radius 1 is 1.29 bits per heavy atom. The lowest BCUT2D eigenvalue weighted by molar-refractivity contribution is 0.305. The van der Waals surface area contributed by atoms with E-state index in [0.29, 0.717) is 6.42 Å². The van der Waals surface area contributed by atoms with Crippen LogP contribution in [0, 0.1) is 18.8 Å². The van der Waals surface area contributed by atoms with Gasteiger partial charge in [-0.25, -0.2) is 0 Å². The van der Waals surface area contributed by atoms with Gasteiger partial charge in [0.2, 0.25) is 0 Å². The van der Waals surface area contributed by atoms with Crippen molar-refractivity contribution in [2.45, 2.75) is 26.8 Å². The lowest BCUT2D eigenvalue weighted by atomic mass is 10.2. The van der Waals surface area contributed by atoms with E-state index in [1.807, 2.05) is 0 Å². The second kappa shape index (κ2) is 7.87. The van der Waals surface area contributed by atoms with Crippen LogP contribution in [0.3, 0.4) is 0 Å². The molecule has 1 aromatic heterocycles. The van der Waals surface area contributed by atoms with Gasteiger partial charge < -0.3 is 10.0 Å². The van der Waals surface area contributed by atoms with Crippen LogP contribution in [0.4, 0.5) is 5.69 Å². The lowest BCUT2D eigenvalue weighted by Crippen LogP contribution is -2.22. The van der Waals surface area contributed by atoms with Gasteiger partial charge in [0.05, 0.1) is 13.2 Å². The Kier molecular flexibility index (Phi) is 5.86. The van der Waals surface area contributed by atoms with Crippen molar-refractivity contribution in [1.82, 2.24) is 0 Å². The summed E-state index contributed by atoms with van der Waals surface area (Å²) in [6, 6.07) is 10.6. The summed E-state index contributed by atoms with van der Waals surface area (Å²) in [5.74, 6) is 6.06. The van der Waals surface area contributed by atoms with Crippen LogP contribution in [-0.4, -0.2) is 18.3 Å². The fourth-order valence-electron chi connectivity index (χ4n) is 2.22. The molecule has 0 saturated carbocycles. The molecule has 2 aromatic rings. The first-order chi connectivity index (χ1) is 10.2. The lowest BCUT2D eigenvalue weighted by Gasteiger charge is -2.24. The molecule has 0 aliphatic heterocycles. The van der Waals surface area contributed by atoms with Gasteiger partial charge in [0.15, 0.2) is 0 Å². The first-order valence-corrected chi connectivity index (χ1v) is 8.10. The number of rotatable bonds is 5. The number of nitrogens with zero attached hydrogens (tertiary/aromatic N) is 1. The van der Waals surface area contributed by atoms with Gasteiger partial charge in [-0.15, -0.1) is 11.3 Å². The molecule has 1 N–H and O–H groups in total. The molecular formula is C18H21NOS. The second-order valence-corrected chi connectivity index (χ2v) is 5.87. The van der Waals surface area contributed by atoms with Gasteiger partial charge in [0.25, 0.3) is 0 Å². The summed E-state index contributed by atoms with van der Waals surface area (Å²) in [6.45, 7) is 6.35. The van der Waals surface area contributed by atoms with Crippen LogP contribution in [0.25, 0.3) is 0 Å². The van der Waals surface area contributed by atoms with Crippen LogP contribution < -0.4 is 4.90 Å². The van der Waals surface area contributed by atoms with E-state index in [1.54, 1.807) is 11.3 Å². The zero-order valence-electron chi connectivity index (χ0n) is 12.6. The molecule has 1 aromatic carbocycles. The summed E-state index contributed by atoms with van der Waals surface area (Å²) >= 11 is 1.75. The molecule has 110 valence electrons. The van der Waals surface area contributed by atoms with Crippen molar-refractivity contribution >= 4 is 17.0 Å². The molecule has 0 aliphatic carbocycles. The van der Waals surface area contributed by atoms with E-state index in [-0.39, 0.29) is 6.61 Å². The first kappa shape index (κ1) is 15.6. The van der Waals surface area contributed by atoms with Crippen LogP contribution in [0.1, 0.15) is 29.3 Å². The van der Waals surface area contributed by atoms with E-state index >= 15 is 0 Å². The largest absolute Gasteiger partial charge is 0.395 e. The summed E-state index contributed by atoms with van der Waals surface area (Å²) < 4.78 is 0. The van der Waals surface area contributed by atoms with Crippen LogP contribution in [0.2, 0.25) is 0 Å². The standard InChI is InChI=1S/C18H21NOS/c1-3-19(18-10-5-4-8-15(18)2)13-17-12-16(14-21-17)9-6-7-11-20/h4-5,8,10,12,14,20H,3,7,11,13H2,1-2H3. The van der Waals surface area contributed by atoms with E-state index in [0.717, 1.165) is 18.7 Å². The van der Waals surface area contributed by atoms with Crippen molar-refractivity contribution in [2.75, 3.05) is 18.1 Å². The molecule has 2 nitrogen and oxygen atoms in total. The zero-order chi connectivity index (χ0) is 15.1. The summed E-state index contributed by atoms with van der Waals surface area (Å²) in [7, 11) is 0. The maximum absolute atomic E-state index is 8.75. The van der Waals surface area contributed by atoms with Crippen molar-refractivity contribution in [1.29, 1.82) is 0 Å². The summed E-state index contributed by atoms with van der Waals surface area (Å²) in [5.41, 5.74) is 3.64. The van der Waals surface area contributed by atoms with Crippen molar-refractivity contribution in [3.63, 3.8) is 0 Å². The van der Waals surface area contributed by atoms with E-state index in [2.05, 4.69) is 66.3 Å². The summed E-state index contributed by atoms with van der Waals surface area (Å²) in [5, 5.41) is 10.8. The summed E-state index contributed by atoms with van der Waals surface area (Å²) in [4.78, 5) is 3.69. The number of benzene rings is 1. The van der Waals surface area contributed by atoms with Gasteiger partial charge in [-0.3, -0.25) is 0 Å². The number of aliphatic hydroxyl groups is 1. The molecule has 0 fully saturated rings. The molecule has 1 heterocycles. The Hall–Kier alpha value is -1.76. The fourth-order valence-corrected chi connectivity index (χ4v) is 3.05. The highest BCUT2D eigenvalue weighted by Gasteiger charge is 2.09. The third-order valence-electron chi connectivity index (χ3n) is 3.31. The van der Waals surface area contributed by atoms with Crippen molar-refractivity contribution in [3.8, 4) is 11.8 Å². The number of anilines is 1. The van der Waals surface area contributed by atoms with Gasteiger partial charge >= 0.3 is 0 Å². The summed E-state index contributed by atoms with van der Waals surface area (Å²) in [6.07, 6.45) is 0.537. The van der Waals surface area contributed by atoms with Gasteiger partial charge in [-0.2, -0.15) is 0 Å². The third-order valence-corrected chi connectivity index (χ3v) is 4.23. The Morgan fingerprint density at radius 3 is 2.81 bits per heavy atom. The minimum absolute atomic E-state index is 0.126. The second-order valence-electron chi connectivity index (χ2n) is 4.88. The minimum Gasteiger partial charge on any atom is -0.395 e. The fraction of sp³-hybridized carbons (Fsp3) is 0.333. The predicted molar refractivity (Wildman–Crippen MR) is 90.8 cm³/mol. The molecule has 0 amide bonds. The maximum Gasteiger partial charge on any atom is 0.0540 e. The molecule has 3 heteroatoms. The Bertz CT molecular complexity index is 636. The third kappa shape index (κ3) is 4.35. The number of hydrogen-bond donors (Lipinski definition) is 1. The molecule has 2 rings (SSSR count). The topological polar surface area (TPSA) is 23.5 Å². The van der Waals surface area contributed by atoms with Gasteiger partial charge in [0, 0.05) is 34.5 Å². The minimum atomic E-state index is 0.126. The van der Waals surface area contributed by atoms with E-state index in [1.165, 1.54) is 16.1 Å². The molecule has 0 unspecified atom stereocenters. The smallest absolute Gasteiger partial charge is 0.0540 e. The van der Waals surface area contributed by atoms with Crippen LogP contribution in [0.5, 0.6) is 0 Å². The number of thiophene rings is 1. The highest BCUT2D eigenvalue weighted by Crippen LogP contribution is 2.23. The molecule has 0 radical (unpaired) electrons. The SMILES string of the molecule is CCN(Cc1cc(C#CCCO)cs1)c1ccccc1C. The van der Waals surface area contributed by atoms with Gasteiger partial charge in [0.1, 0.15) is 0 Å². The number of para-hydroxylation sites is 1. The molecule has 0 spiro atoms. The van der Waals surface area contributed by atoms with E-state index < -0.39 is 0 Å². The average Bonchev–Trinajstić information content (AvgIpc) is 2.93.